The SMILES string of the molecule is CON(C)C(=O)[C@@H](CCCNC(=O)OC(C)(C)C)c1ccccc1. The second kappa shape index (κ2) is 9.27. The van der Waals surface area contributed by atoms with Gasteiger partial charge in [-0.25, -0.2) is 9.86 Å². The maximum Gasteiger partial charge on any atom is 0.407 e. The number of rotatable bonds is 7. The monoisotopic (exact) mass is 336 g/mol. The van der Waals surface area contributed by atoms with Crippen molar-refractivity contribution in [1.82, 2.24) is 10.4 Å². The molecule has 0 heterocycles. The highest BCUT2D eigenvalue weighted by Gasteiger charge is 2.24. The van der Waals surface area contributed by atoms with Crippen LogP contribution in [0.4, 0.5) is 4.79 Å². The number of benzene rings is 1. The van der Waals surface area contributed by atoms with Crippen LogP contribution in [0.25, 0.3) is 0 Å². The Kier molecular flexibility index (Phi) is 7.71. The van der Waals surface area contributed by atoms with E-state index in [2.05, 4.69) is 5.32 Å². The number of carbonyl (C=O) groups is 2. The minimum absolute atomic E-state index is 0.110. The van der Waals surface area contributed by atoms with Gasteiger partial charge in [0.05, 0.1) is 13.0 Å². The number of nitrogens with zero attached hydrogens (tertiary/aromatic N) is 1. The first-order chi connectivity index (χ1) is 11.2. The van der Waals surface area contributed by atoms with Crippen LogP contribution in [0.3, 0.4) is 0 Å². The molecule has 0 aromatic heterocycles. The van der Waals surface area contributed by atoms with Crippen molar-refractivity contribution < 1.29 is 19.2 Å². The maximum absolute atomic E-state index is 12.5. The van der Waals surface area contributed by atoms with Gasteiger partial charge in [0, 0.05) is 13.6 Å². The lowest BCUT2D eigenvalue weighted by molar-refractivity contribution is -0.170. The van der Waals surface area contributed by atoms with Gasteiger partial charge in [-0.1, -0.05) is 30.3 Å². The Morgan fingerprint density at radius 1 is 1.21 bits per heavy atom. The fourth-order valence-corrected chi connectivity index (χ4v) is 2.24. The summed E-state index contributed by atoms with van der Waals surface area (Å²) < 4.78 is 5.19. The third kappa shape index (κ3) is 7.00. The molecule has 134 valence electrons. The predicted octanol–water partition coefficient (Wildman–Crippen LogP) is 3.09. The Morgan fingerprint density at radius 2 is 1.83 bits per heavy atom. The molecule has 2 amide bonds. The molecule has 1 N–H and O–H groups in total. The third-order valence-corrected chi connectivity index (χ3v) is 3.42. The Hall–Kier alpha value is -2.08. The molecule has 0 spiro atoms. The van der Waals surface area contributed by atoms with Gasteiger partial charge < -0.3 is 10.1 Å². The van der Waals surface area contributed by atoms with Crippen molar-refractivity contribution in [3.05, 3.63) is 35.9 Å². The fourth-order valence-electron chi connectivity index (χ4n) is 2.24. The maximum atomic E-state index is 12.5. The van der Waals surface area contributed by atoms with Gasteiger partial charge in [-0.15, -0.1) is 0 Å². The Morgan fingerprint density at radius 3 is 2.38 bits per heavy atom. The number of carbonyl (C=O) groups excluding carboxylic acids is 2. The van der Waals surface area contributed by atoms with E-state index in [-0.39, 0.29) is 11.8 Å². The number of nitrogens with one attached hydrogen (secondary N) is 1. The second-order valence-corrected chi connectivity index (χ2v) is 6.55. The van der Waals surface area contributed by atoms with E-state index >= 15 is 0 Å². The average Bonchev–Trinajstić information content (AvgIpc) is 2.52. The van der Waals surface area contributed by atoms with Gasteiger partial charge in [0.2, 0.25) is 0 Å². The van der Waals surface area contributed by atoms with Crippen LogP contribution in [0.5, 0.6) is 0 Å². The Bertz CT molecular complexity index is 526. The van der Waals surface area contributed by atoms with Crippen LogP contribution in [0, 0.1) is 0 Å². The van der Waals surface area contributed by atoms with Gasteiger partial charge in [-0.2, -0.15) is 0 Å². The zero-order valence-electron chi connectivity index (χ0n) is 15.2. The van der Waals surface area contributed by atoms with Crippen molar-refractivity contribution in [2.45, 2.75) is 45.1 Å². The molecular weight excluding hydrogens is 308 g/mol. The van der Waals surface area contributed by atoms with Crippen molar-refractivity contribution in [2.75, 3.05) is 20.7 Å². The topological polar surface area (TPSA) is 67.9 Å². The lowest BCUT2D eigenvalue weighted by Crippen LogP contribution is -2.34. The smallest absolute Gasteiger partial charge is 0.407 e. The average molecular weight is 336 g/mol. The fraction of sp³-hybridized carbons (Fsp3) is 0.556. The Labute approximate surface area is 144 Å². The van der Waals surface area contributed by atoms with Crippen molar-refractivity contribution in [1.29, 1.82) is 0 Å². The normalized spacial score (nSPS) is 12.4. The number of hydrogen-bond donors (Lipinski definition) is 1. The van der Waals surface area contributed by atoms with Gasteiger partial charge in [0.15, 0.2) is 0 Å². The standard InChI is InChI=1S/C18H28N2O4/c1-18(2,3)24-17(22)19-13-9-12-15(16(21)20(4)23-5)14-10-7-6-8-11-14/h6-8,10-11,15H,9,12-13H2,1-5H3,(H,19,22)/t15-/m0/s1. The zero-order valence-corrected chi connectivity index (χ0v) is 15.2. The van der Waals surface area contributed by atoms with E-state index in [9.17, 15) is 9.59 Å². The largest absolute Gasteiger partial charge is 0.444 e. The molecule has 0 unspecified atom stereocenters. The number of ether oxygens (including phenoxy) is 1. The van der Waals surface area contributed by atoms with Crippen molar-refractivity contribution in [3.63, 3.8) is 0 Å². The molecule has 0 fully saturated rings. The summed E-state index contributed by atoms with van der Waals surface area (Å²) in [5.41, 5.74) is 0.414. The summed E-state index contributed by atoms with van der Waals surface area (Å²) in [6, 6.07) is 9.57. The number of hydrogen-bond acceptors (Lipinski definition) is 4. The van der Waals surface area contributed by atoms with Crippen LogP contribution in [-0.4, -0.2) is 43.4 Å². The van der Waals surface area contributed by atoms with E-state index in [4.69, 9.17) is 9.57 Å². The molecular formula is C18H28N2O4. The Balaban J connectivity index is 2.58. The van der Waals surface area contributed by atoms with E-state index in [1.54, 1.807) is 7.05 Å². The molecule has 1 aromatic rings. The molecule has 0 aliphatic carbocycles. The molecule has 0 aliphatic rings. The first kappa shape index (κ1) is 20.0. The lowest BCUT2D eigenvalue weighted by atomic mass is 9.93. The first-order valence-electron chi connectivity index (χ1n) is 8.08. The first-order valence-corrected chi connectivity index (χ1v) is 8.08. The van der Waals surface area contributed by atoms with Crippen molar-refractivity contribution in [2.24, 2.45) is 0 Å². The molecule has 0 aliphatic heterocycles. The van der Waals surface area contributed by atoms with Crippen molar-refractivity contribution >= 4 is 12.0 Å². The van der Waals surface area contributed by atoms with Crippen LogP contribution in [0.15, 0.2) is 30.3 Å². The quantitative estimate of drug-likeness (QED) is 0.614. The molecule has 6 nitrogen and oxygen atoms in total. The number of alkyl carbamates (subject to hydrolysis) is 1. The van der Waals surface area contributed by atoms with Gasteiger partial charge in [-0.3, -0.25) is 9.63 Å². The highest BCUT2D eigenvalue weighted by atomic mass is 16.7. The summed E-state index contributed by atoms with van der Waals surface area (Å²) >= 11 is 0. The molecule has 0 bridgehead atoms. The summed E-state index contributed by atoms with van der Waals surface area (Å²) in [4.78, 5) is 29.1. The van der Waals surface area contributed by atoms with Crippen LogP contribution < -0.4 is 5.32 Å². The van der Waals surface area contributed by atoms with Crippen LogP contribution in [0.2, 0.25) is 0 Å². The van der Waals surface area contributed by atoms with E-state index in [1.165, 1.54) is 12.2 Å². The van der Waals surface area contributed by atoms with Crippen LogP contribution in [0.1, 0.15) is 45.1 Å². The molecule has 0 saturated heterocycles. The van der Waals surface area contributed by atoms with Gasteiger partial charge in [0.25, 0.3) is 5.91 Å². The van der Waals surface area contributed by atoms with Crippen molar-refractivity contribution in [3.8, 4) is 0 Å². The molecule has 0 radical (unpaired) electrons. The summed E-state index contributed by atoms with van der Waals surface area (Å²) in [5, 5.41) is 3.95. The summed E-state index contributed by atoms with van der Waals surface area (Å²) in [6.45, 7) is 5.90. The molecule has 1 aromatic carbocycles. The molecule has 0 saturated carbocycles. The summed E-state index contributed by atoms with van der Waals surface area (Å²) in [7, 11) is 3.06. The number of amides is 2. The van der Waals surface area contributed by atoms with Gasteiger partial charge in [-0.05, 0) is 39.2 Å². The minimum atomic E-state index is -0.520. The van der Waals surface area contributed by atoms with Gasteiger partial charge >= 0.3 is 6.09 Å². The summed E-state index contributed by atoms with van der Waals surface area (Å²) in [6.07, 6.45) is 0.813. The van der Waals surface area contributed by atoms with Crippen LogP contribution in [-0.2, 0) is 14.4 Å². The third-order valence-electron chi connectivity index (χ3n) is 3.42. The summed E-state index contributed by atoms with van der Waals surface area (Å²) in [5.74, 6) is -0.419. The minimum Gasteiger partial charge on any atom is -0.444 e. The second-order valence-electron chi connectivity index (χ2n) is 6.55. The molecule has 24 heavy (non-hydrogen) atoms. The lowest BCUT2D eigenvalue weighted by Gasteiger charge is -2.22. The predicted molar refractivity (Wildman–Crippen MR) is 92.4 cm³/mol. The highest BCUT2D eigenvalue weighted by molar-refractivity contribution is 5.82. The number of likely N-dealkylation sites (N-methyl/N-ethyl adjacent to an activating group) is 1. The zero-order chi connectivity index (χ0) is 18.2. The molecule has 1 atom stereocenters. The highest BCUT2D eigenvalue weighted by Crippen LogP contribution is 2.23. The van der Waals surface area contributed by atoms with E-state index in [0.29, 0.717) is 19.4 Å². The van der Waals surface area contributed by atoms with Gasteiger partial charge in [0.1, 0.15) is 5.60 Å². The van der Waals surface area contributed by atoms with E-state index in [0.717, 1.165) is 5.56 Å². The van der Waals surface area contributed by atoms with E-state index in [1.807, 2.05) is 51.1 Å². The molecule has 6 heteroatoms. The van der Waals surface area contributed by atoms with Crippen LogP contribution >= 0.6 is 0 Å². The number of hydroxylamine groups is 2. The van der Waals surface area contributed by atoms with E-state index < -0.39 is 11.7 Å². The molecule has 1 rings (SSSR count).